The fourth-order valence-corrected chi connectivity index (χ4v) is 2.77. The van der Waals surface area contributed by atoms with Gasteiger partial charge in [0.05, 0.1) is 35.4 Å². The number of benzene rings is 1. The van der Waals surface area contributed by atoms with Crippen LogP contribution in [0.15, 0.2) is 36.8 Å². The highest BCUT2D eigenvalue weighted by Gasteiger charge is 2.32. The standard InChI is InChI=1S/C18H14ClF3N6O4/c1-31-10-3-4-12(13(6-10)32-2)26-16-14(28(29)30)17(25-8-24-16)27-15-11(19)5-9(7-23-15)18(20,21)22/h3-8H,1-2H3,(H2,23,24,25,26,27). The molecular weight excluding hydrogens is 457 g/mol. The van der Waals surface area contributed by atoms with Gasteiger partial charge in [-0.1, -0.05) is 11.6 Å². The number of nitrogens with one attached hydrogen (secondary N) is 2. The van der Waals surface area contributed by atoms with Crippen LogP contribution in [0.1, 0.15) is 5.56 Å². The topological polar surface area (TPSA) is 124 Å². The predicted octanol–water partition coefficient (Wildman–Crippen LogP) is 4.96. The predicted molar refractivity (Wildman–Crippen MR) is 109 cm³/mol. The molecule has 168 valence electrons. The van der Waals surface area contributed by atoms with E-state index in [9.17, 15) is 23.3 Å². The molecule has 2 N–H and O–H groups in total. The van der Waals surface area contributed by atoms with Gasteiger partial charge >= 0.3 is 11.9 Å². The summed E-state index contributed by atoms with van der Waals surface area (Å²) in [5.41, 5.74) is -1.32. The summed E-state index contributed by atoms with van der Waals surface area (Å²) in [7, 11) is 2.87. The van der Waals surface area contributed by atoms with Crippen LogP contribution in [0.5, 0.6) is 11.5 Å². The largest absolute Gasteiger partial charge is 0.497 e. The minimum atomic E-state index is -4.65. The van der Waals surface area contributed by atoms with Crippen LogP contribution in [0.2, 0.25) is 5.02 Å². The SMILES string of the molecule is COc1ccc(Nc2ncnc(Nc3ncc(C(F)(F)F)cc3Cl)c2[N+](=O)[O-])c(OC)c1. The number of halogens is 4. The number of hydrogen-bond acceptors (Lipinski definition) is 9. The van der Waals surface area contributed by atoms with Gasteiger partial charge < -0.3 is 20.1 Å². The van der Waals surface area contributed by atoms with Crippen molar-refractivity contribution < 1.29 is 27.6 Å². The highest BCUT2D eigenvalue weighted by Crippen LogP contribution is 2.38. The first-order chi connectivity index (χ1) is 15.1. The van der Waals surface area contributed by atoms with Gasteiger partial charge in [0.15, 0.2) is 5.82 Å². The minimum Gasteiger partial charge on any atom is -0.497 e. The highest BCUT2D eigenvalue weighted by atomic mass is 35.5. The molecule has 3 aromatic rings. The molecule has 0 amide bonds. The van der Waals surface area contributed by atoms with Gasteiger partial charge in [-0.05, 0) is 18.2 Å². The number of nitrogens with zero attached hydrogens (tertiary/aromatic N) is 4. The third-order valence-electron chi connectivity index (χ3n) is 4.07. The molecule has 14 heteroatoms. The zero-order chi connectivity index (χ0) is 23.5. The van der Waals surface area contributed by atoms with Gasteiger partial charge in [0.25, 0.3) is 0 Å². The monoisotopic (exact) mass is 470 g/mol. The summed E-state index contributed by atoms with van der Waals surface area (Å²) < 4.78 is 48.8. The van der Waals surface area contributed by atoms with E-state index in [4.69, 9.17) is 21.1 Å². The fraction of sp³-hybridized carbons (Fsp3) is 0.167. The van der Waals surface area contributed by atoms with Gasteiger partial charge in [0, 0.05) is 12.3 Å². The molecule has 32 heavy (non-hydrogen) atoms. The Morgan fingerprint density at radius 3 is 2.28 bits per heavy atom. The van der Waals surface area contributed by atoms with Crippen LogP contribution in [0.4, 0.5) is 42.0 Å². The van der Waals surface area contributed by atoms with Crippen LogP contribution in [0.25, 0.3) is 0 Å². The zero-order valence-electron chi connectivity index (χ0n) is 16.4. The van der Waals surface area contributed by atoms with E-state index in [1.165, 1.54) is 14.2 Å². The number of aromatic nitrogens is 3. The molecule has 2 heterocycles. The van der Waals surface area contributed by atoms with E-state index in [1.807, 2.05) is 0 Å². The smallest absolute Gasteiger partial charge is 0.417 e. The van der Waals surface area contributed by atoms with Crippen molar-refractivity contribution in [2.75, 3.05) is 24.9 Å². The third-order valence-corrected chi connectivity index (χ3v) is 4.36. The van der Waals surface area contributed by atoms with E-state index in [2.05, 4.69) is 25.6 Å². The summed E-state index contributed by atoms with van der Waals surface area (Å²) in [6.45, 7) is 0. The van der Waals surface area contributed by atoms with E-state index in [1.54, 1.807) is 18.2 Å². The van der Waals surface area contributed by atoms with Gasteiger partial charge in [-0.25, -0.2) is 15.0 Å². The Morgan fingerprint density at radius 1 is 1.03 bits per heavy atom. The lowest BCUT2D eigenvalue weighted by molar-refractivity contribution is -0.383. The first-order valence-electron chi connectivity index (χ1n) is 8.62. The zero-order valence-corrected chi connectivity index (χ0v) is 17.2. The molecule has 1 aromatic carbocycles. The van der Waals surface area contributed by atoms with Gasteiger partial charge in [0.1, 0.15) is 17.8 Å². The maximum atomic E-state index is 12.8. The summed E-state index contributed by atoms with van der Waals surface area (Å²) in [5.74, 6) is 0.0109. The molecule has 0 aliphatic heterocycles. The number of pyridine rings is 1. The fourth-order valence-electron chi connectivity index (χ4n) is 2.56. The first kappa shape index (κ1) is 22.8. The van der Waals surface area contributed by atoms with E-state index in [0.29, 0.717) is 29.4 Å². The quantitative estimate of drug-likeness (QED) is 0.364. The van der Waals surface area contributed by atoms with Crippen LogP contribution in [0, 0.1) is 10.1 Å². The molecule has 0 bridgehead atoms. The minimum absolute atomic E-state index is 0.209. The van der Waals surface area contributed by atoms with Crippen molar-refractivity contribution in [1.29, 1.82) is 0 Å². The molecule has 0 saturated heterocycles. The Kier molecular flexibility index (Phi) is 6.48. The number of methoxy groups -OCH3 is 2. The van der Waals surface area contributed by atoms with Gasteiger partial charge in [0.2, 0.25) is 11.6 Å². The molecule has 0 radical (unpaired) electrons. The van der Waals surface area contributed by atoms with Crippen molar-refractivity contribution in [1.82, 2.24) is 15.0 Å². The molecule has 2 aromatic heterocycles. The number of anilines is 4. The summed E-state index contributed by atoms with van der Waals surface area (Å²) in [5, 5.41) is 16.6. The van der Waals surface area contributed by atoms with Crippen LogP contribution in [-0.2, 0) is 6.18 Å². The normalized spacial score (nSPS) is 11.1. The van der Waals surface area contributed by atoms with Crippen molar-refractivity contribution in [2.24, 2.45) is 0 Å². The van der Waals surface area contributed by atoms with Crippen molar-refractivity contribution >= 4 is 40.4 Å². The number of nitro groups is 1. The number of alkyl halides is 3. The van der Waals surface area contributed by atoms with Gasteiger partial charge in [-0.2, -0.15) is 13.2 Å². The molecule has 0 aliphatic rings. The number of hydrogen-bond donors (Lipinski definition) is 2. The molecule has 0 spiro atoms. The third kappa shape index (κ3) is 4.88. The molecule has 10 nitrogen and oxygen atoms in total. The molecule has 0 saturated carbocycles. The first-order valence-corrected chi connectivity index (χ1v) is 9.00. The number of rotatable bonds is 7. The lowest BCUT2D eigenvalue weighted by Gasteiger charge is -2.14. The summed E-state index contributed by atoms with van der Waals surface area (Å²) >= 11 is 5.87. The average Bonchev–Trinajstić information content (AvgIpc) is 2.74. The lowest BCUT2D eigenvalue weighted by Crippen LogP contribution is -2.09. The Labute approximate surface area is 183 Å². The molecule has 0 aliphatic carbocycles. The second-order valence-corrected chi connectivity index (χ2v) is 6.45. The second-order valence-electron chi connectivity index (χ2n) is 6.04. The van der Waals surface area contributed by atoms with E-state index < -0.39 is 27.4 Å². The summed E-state index contributed by atoms with van der Waals surface area (Å²) in [6.07, 6.45) is -3.08. The summed E-state index contributed by atoms with van der Waals surface area (Å²) in [6, 6.07) is 5.36. The molecule has 0 unspecified atom stereocenters. The van der Waals surface area contributed by atoms with Crippen LogP contribution in [0.3, 0.4) is 0 Å². The van der Waals surface area contributed by atoms with Crippen LogP contribution in [-0.4, -0.2) is 34.1 Å². The average molecular weight is 471 g/mol. The Balaban J connectivity index is 1.98. The molecule has 0 fully saturated rings. The van der Waals surface area contributed by atoms with Crippen LogP contribution >= 0.6 is 11.6 Å². The van der Waals surface area contributed by atoms with E-state index in [-0.39, 0.29) is 17.5 Å². The second kappa shape index (κ2) is 9.09. The summed E-state index contributed by atoms with van der Waals surface area (Å²) in [4.78, 5) is 22.3. The Morgan fingerprint density at radius 2 is 1.72 bits per heavy atom. The van der Waals surface area contributed by atoms with E-state index >= 15 is 0 Å². The van der Waals surface area contributed by atoms with Crippen molar-refractivity contribution in [3.63, 3.8) is 0 Å². The maximum Gasteiger partial charge on any atom is 0.417 e. The van der Waals surface area contributed by atoms with Gasteiger partial charge in [-0.15, -0.1) is 0 Å². The van der Waals surface area contributed by atoms with Crippen molar-refractivity contribution in [3.8, 4) is 11.5 Å². The highest BCUT2D eigenvalue weighted by molar-refractivity contribution is 6.33. The Hall–Kier alpha value is -3.87. The Bertz CT molecular complexity index is 1160. The van der Waals surface area contributed by atoms with E-state index in [0.717, 1.165) is 6.33 Å². The molecular formula is C18H14ClF3N6O4. The van der Waals surface area contributed by atoms with Crippen LogP contribution < -0.4 is 20.1 Å². The maximum absolute atomic E-state index is 12.8. The van der Waals surface area contributed by atoms with Crippen molar-refractivity contribution in [2.45, 2.75) is 6.18 Å². The molecule has 0 atom stereocenters. The molecule has 3 rings (SSSR count). The number of ether oxygens (including phenoxy) is 2. The van der Waals surface area contributed by atoms with Gasteiger partial charge in [-0.3, -0.25) is 10.1 Å². The lowest BCUT2D eigenvalue weighted by atomic mass is 10.2. The van der Waals surface area contributed by atoms with Crippen molar-refractivity contribution in [3.05, 3.63) is 57.5 Å².